The highest BCUT2D eigenvalue weighted by atomic mass is 16.5. The number of ether oxygens (including phenoxy) is 2. The minimum Gasteiger partial charge on any atom is -0.440 e. The third-order valence-corrected chi connectivity index (χ3v) is 6.59. The van der Waals surface area contributed by atoms with Crippen molar-refractivity contribution in [2.45, 2.75) is 45.6 Å². The van der Waals surface area contributed by atoms with E-state index in [1.165, 1.54) is 5.56 Å². The Bertz CT molecular complexity index is 1140. The summed E-state index contributed by atoms with van der Waals surface area (Å²) >= 11 is 0. The molecule has 1 aromatic heterocycles. The van der Waals surface area contributed by atoms with Crippen molar-refractivity contribution in [2.75, 3.05) is 32.8 Å². The van der Waals surface area contributed by atoms with Crippen molar-refractivity contribution < 1.29 is 9.47 Å². The van der Waals surface area contributed by atoms with Crippen molar-refractivity contribution in [3.05, 3.63) is 74.5 Å². The van der Waals surface area contributed by atoms with Gasteiger partial charge in [-0.05, 0) is 30.4 Å². The number of rotatable bonds is 6. The number of hydrogen-bond donors (Lipinski definition) is 1. The number of pyridine rings is 1. The second-order valence-corrected chi connectivity index (χ2v) is 9.07. The monoisotopic (exact) mass is 448 g/mol. The zero-order chi connectivity index (χ0) is 23.5. The Morgan fingerprint density at radius 1 is 1.18 bits per heavy atom. The molecule has 33 heavy (non-hydrogen) atoms. The molecule has 4 rings (SSSR count). The van der Waals surface area contributed by atoms with Crippen LogP contribution in [-0.2, 0) is 11.3 Å². The first-order chi connectivity index (χ1) is 15.9. The lowest BCUT2D eigenvalue weighted by Gasteiger charge is -2.28. The number of fused-ring (bicyclic) bond motifs is 1. The van der Waals surface area contributed by atoms with Gasteiger partial charge in [0.15, 0.2) is 0 Å². The maximum absolute atomic E-state index is 13.7. The van der Waals surface area contributed by atoms with E-state index >= 15 is 0 Å². The third-order valence-electron chi connectivity index (χ3n) is 6.59. The molecule has 0 spiro atoms. The van der Waals surface area contributed by atoms with Crippen molar-refractivity contribution in [1.29, 1.82) is 5.26 Å². The second kappa shape index (κ2) is 9.82. The van der Waals surface area contributed by atoms with Crippen LogP contribution in [0.1, 0.15) is 54.5 Å². The number of nitriles is 1. The van der Waals surface area contributed by atoms with E-state index in [4.69, 9.17) is 15.2 Å². The van der Waals surface area contributed by atoms with E-state index in [2.05, 4.69) is 36.9 Å². The Morgan fingerprint density at radius 3 is 2.52 bits per heavy atom. The number of benzene rings is 1. The number of aryl methyl sites for hydroxylation is 1. The van der Waals surface area contributed by atoms with Gasteiger partial charge in [0.05, 0.1) is 24.7 Å². The fourth-order valence-electron chi connectivity index (χ4n) is 4.65. The third kappa shape index (κ3) is 4.68. The predicted octanol–water partition coefficient (Wildman–Crippen LogP) is 3.22. The summed E-state index contributed by atoms with van der Waals surface area (Å²) < 4.78 is 13.0. The molecule has 0 bridgehead atoms. The van der Waals surface area contributed by atoms with Crippen LogP contribution in [0.3, 0.4) is 0 Å². The highest BCUT2D eigenvalue weighted by Crippen LogP contribution is 2.40. The minimum atomic E-state index is -0.543. The number of morpholine rings is 1. The molecule has 1 atom stereocenters. The molecule has 1 saturated heterocycles. The Kier molecular flexibility index (Phi) is 6.87. The molecule has 2 aliphatic heterocycles. The van der Waals surface area contributed by atoms with Gasteiger partial charge in [0.1, 0.15) is 17.4 Å². The standard InChI is InChI=1S/C26H32N4O3/c1-17(2)19-5-7-20(8-6-19)23-21(16-27)25(28)33-22-15-18(3)30(26(31)24(22)23)10-4-9-29-11-13-32-14-12-29/h5-8,15,17,23H,4,9-14,28H2,1-3H3. The van der Waals surface area contributed by atoms with Gasteiger partial charge in [-0.2, -0.15) is 5.26 Å². The van der Waals surface area contributed by atoms with E-state index < -0.39 is 5.92 Å². The van der Waals surface area contributed by atoms with Gasteiger partial charge in [0, 0.05) is 37.9 Å². The lowest BCUT2D eigenvalue weighted by molar-refractivity contribution is 0.0369. The Morgan fingerprint density at radius 2 is 1.88 bits per heavy atom. The Balaban J connectivity index is 1.69. The number of hydrogen-bond acceptors (Lipinski definition) is 6. The van der Waals surface area contributed by atoms with Gasteiger partial charge in [-0.3, -0.25) is 9.69 Å². The van der Waals surface area contributed by atoms with Crippen LogP contribution in [0.5, 0.6) is 5.75 Å². The molecule has 1 fully saturated rings. The first-order valence-corrected chi connectivity index (χ1v) is 11.6. The summed E-state index contributed by atoms with van der Waals surface area (Å²) in [6, 6.07) is 12.1. The molecule has 0 saturated carbocycles. The van der Waals surface area contributed by atoms with Crippen LogP contribution in [0.4, 0.5) is 0 Å². The molecule has 0 amide bonds. The van der Waals surface area contributed by atoms with E-state index in [0.29, 0.717) is 23.8 Å². The maximum Gasteiger partial charge on any atom is 0.258 e. The average Bonchev–Trinajstić information content (AvgIpc) is 2.81. The van der Waals surface area contributed by atoms with Crippen molar-refractivity contribution in [3.63, 3.8) is 0 Å². The first-order valence-electron chi connectivity index (χ1n) is 11.6. The van der Waals surface area contributed by atoms with Crippen molar-refractivity contribution >= 4 is 0 Å². The quantitative estimate of drug-likeness (QED) is 0.729. The number of nitrogens with two attached hydrogens (primary N) is 1. The van der Waals surface area contributed by atoms with Crippen LogP contribution >= 0.6 is 0 Å². The average molecular weight is 449 g/mol. The van der Waals surface area contributed by atoms with Crippen molar-refractivity contribution in [1.82, 2.24) is 9.47 Å². The molecule has 7 heteroatoms. The molecule has 0 aliphatic carbocycles. The first kappa shape index (κ1) is 23.1. The van der Waals surface area contributed by atoms with Crippen LogP contribution < -0.4 is 16.0 Å². The highest BCUT2D eigenvalue weighted by molar-refractivity contribution is 5.55. The molecule has 7 nitrogen and oxygen atoms in total. The lowest BCUT2D eigenvalue weighted by Crippen LogP contribution is -2.38. The molecule has 3 heterocycles. The van der Waals surface area contributed by atoms with Crippen LogP contribution in [-0.4, -0.2) is 42.3 Å². The zero-order valence-electron chi connectivity index (χ0n) is 19.6. The van der Waals surface area contributed by atoms with Crippen LogP contribution in [0.2, 0.25) is 0 Å². The topological polar surface area (TPSA) is 93.5 Å². The van der Waals surface area contributed by atoms with E-state index in [1.807, 2.05) is 25.1 Å². The van der Waals surface area contributed by atoms with Crippen LogP contribution in [0.25, 0.3) is 0 Å². The fraction of sp³-hybridized carbons (Fsp3) is 0.462. The van der Waals surface area contributed by atoms with E-state index in [1.54, 1.807) is 4.57 Å². The molecule has 2 N–H and O–H groups in total. The normalized spacial score (nSPS) is 18.7. The molecular formula is C26H32N4O3. The molecule has 174 valence electrons. The molecule has 0 radical (unpaired) electrons. The van der Waals surface area contributed by atoms with Crippen molar-refractivity contribution in [3.8, 4) is 11.8 Å². The highest BCUT2D eigenvalue weighted by Gasteiger charge is 2.34. The summed E-state index contributed by atoms with van der Waals surface area (Å²) in [5.41, 5.74) is 9.65. The Labute approximate surface area is 195 Å². The van der Waals surface area contributed by atoms with Crippen molar-refractivity contribution in [2.24, 2.45) is 5.73 Å². The van der Waals surface area contributed by atoms with Gasteiger partial charge in [-0.15, -0.1) is 0 Å². The molecule has 2 aromatic rings. The smallest absolute Gasteiger partial charge is 0.258 e. The van der Waals surface area contributed by atoms with E-state index in [-0.39, 0.29) is 17.0 Å². The summed E-state index contributed by atoms with van der Waals surface area (Å²) in [7, 11) is 0. The number of nitrogens with zero attached hydrogens (tertiary/aromatic N) is 3. The summed E-state index contributed by atoms with van der Waals surface area (Å²) in [4.78, 5) is 16.1. The van der Waals surface area contributed by atoms with Crippen LogP contribution in [0.15, 0.2) is 46.6 Å². The molecule has 1 unspecified atom stereocenters. The fourth-order valence-corrected chi connectivity index (χ4v) is 4.65. The number of aromatic nitrogens is 1. The largest absolute Gasteiger partial charge is 0.440 e. The summed E-state index contributed by atoms with van der Waals surface area (Å²) in [6.45, 7) is 11.1. The minimum absolute atomic E-state index is 0.0619. The molecule has 2 aliphatic rings. The zero-order valence-corrected chi connectivity index (χ0v) is 19.6. The van der Waals surface area contributed by atoms with Gasteiger partial charge < -0.3 is 19.8 Å². The van der Waals surface area contributed by atoms with E-state index in [9.17, 15) is 10.1 Å². The molecule has 1 aromatic carbocycles. The predicted molar refractivity (Wildman–Crippen MR) is 127 cm³/mol. The molecular weight excluding hydrogens is 416 g/mol. The van der Waals surface area contributed by atoms with E-state index in [0.717, 1.165) is 50.5 Å². The summed E-state index contributed by atoms with van der Waals surface area (Å²) in [6.07, 6.45) is 0.858. The van der Waals surface area contributed by atoms with Gasteiger partial charge in [-0.25, -0.2) is 0 Å². The van der Waals surface area contributed by atoms with Gasteiger partial charge >= 0.3 is 0 Å². The number of allylic oxidation sites excluding steroid dienone is 1. The lowest BCUT2D eigenvalue weighted by atomic mass is 9.83. The van der Waals surface area contributed by atoms with Gasteiger partial charge in [0.25, 0.3) is 5.56 Å². The van der Waals surface area contributed by atoms with Crippen LogP contribution in [0, 0.1) is 18.3 Å². The SMILES string of the molecule is Cc1cc2c(c(=O)n1CCCN1CCOCC1)C(c1ccc(C(C)C)cc1)C(C#N)=C(N)O2. The maximum atomic E-state index is 13.7. The second-order valence-electron chi connectivity index (χ2n) is 9.07. The van der Waals surface area contributed by atoms with Gasteiger partial charge in [-0.1, -0.05) is 38.1 Å². The van der Waals surface area contributed by atoms with Gasteiger partial charge in [0.2, 0.25) is 5.88 Å². The summed E-state index contributed by atoms with van der Waals surface area (Å²) in [5.74, 6) is 0.352. The Hall–Kier alpha value is -3.08. The summed E-state index contributed by atoms with van der Waals surface area (Å²) in [5, 5.41) is 9.87.